The Hall–Kier alpha value is -2.49. The van der Waals surface area contributed by atoms with E-state index < -0.39 is 10.0 Å². The number of piperazine rings is 1. The molecule has 0 saturated carbocycles. The quantitative estimate of drug-likeness (QED) is 0.721. The van der Waals surface area contributed by atoms with Gasteiger partial charge in [0, 0.05) is 43.1 Å². The predicted molar refractivity (Wildman–Crippen MR) is 120 cm³/mol. The molecule has 0 aliphatic carbocycles. The van der Waals surface area contributed by atoms with Gasteiger partial charge in [-0.2, -0.15) is 4.31 Å². The molecule has 2 N–H and O–H groups in total. The average molecular weight is 433 g/mol. The van der Waals surface area contributed by atoms with Gasteiger partial charge in [-0.25, -0.2) is 8.42 Å². The summed E-state index contributed by atoms with van der Waals surface area (Å²) in [5, 5.41) is 5.91. The molecular formula is C20H24N4O3S2. The van der Waals surface area contributed by atoms with Crippen molar-refractivity contribution >= 4 is 44.6 Å². The van der Waals surface area contributed by atoms with E-state index in [0.717, 1.165) is 16.9 Å². The average Bonchev–Trinajstić information content (AvgIpc) is 2.68. The van der Waals surface area contributed by atoms with Crippen LogP contribution in [0.15, 0.2) is 48.5 Å². The maximum atomic E-state index is 12.3. The Morgan fingerprint density at radius 2 is 1.69 bits per heavy atom. The van der Waals surface area contributed by atoms with Crippen LogP contribution in [0.2, 0.25) is 0 Å². The highest BCUT2D eigenvalue weighted by Gasteiger charge is 2.23. The standard InChI is InChI=1S/C20H24N4O3S2/c1-15-4-3-5-16(14-15)19(25)22-20(28)21-17-6-8-18(9-7-17)23-10-12-24(13-11-23)29(2,26)27/h3-9,14H,10-13H2,1-2H3,(H2,21,22,25,28). The van der Waals surface area contributed by atoms with Crippen LogP contribution in [0, 0.1) is 6.92 Å². The van der Waals surface area contributed by atoms with Gasteiger partial charge in [0.05, 0.1) is 6.26 Å². The van der Waals surface area contributed by atoms with E-state index in [2.05, 4.69) is 15.5 Å². The molecule has 1 amide bonds. The van der Waals surface area contributed by atoms with Crippen LogP contribution < -0.4 is 15.5 Å². The minimum absolute atomic E-state index is 0.228. The van der Waals surface area contributed by atoms with Crippen LogP contribution in [0.1, 0.15) is 15.9 Å². The van der Waals surface area contributed by atoms with Crippen LogP contribution in [0.5, 0.6) is 0 Å². The molecule has 1 saturated heterocycles. The molecule has 1 aliphatic heterocycles. The molecule has 154 valence electrons. The minimum Gasteiger partial charge on any atom is -0.369 e. The summed E-state index contributed by atoms with van der Waals surface area (Å²) in [5.74, 6) is -0.258. The highest BCUT2D eigenvalue weighted by Crippen LogP contribution is 2.20. The smallest absolute Gasteiger partial charge is 0.257 e. The van der Waals surface area contributed by atoms with Gasteiger partial charge in [0.25, 0.3) is 5.91 Å². The van der Waals surface area contributed by atoms with Gasteiger partial charge >= 0.3 is 0 Å². The number of anilines is 2. The Labute approximate surface area is 176 Å². The van der Waals surface area contributed by atoms with E-state index in [9.17, 15) is 13.2 Å². The third-order valence-electron chi connectivity index (χ3n) is 4.71. The van der Waals surface area contributed by atoms with Crippen molar-refractivity contribution in [1.29, 1.82) is 0 Å². The SMILES string of the molecule is Cc1cccc(C(=O)NC(=S)Nc2ccc(N3CCN(S(C)(=O)=O)CC3)cc2)c1. The van der Waals surface area contributed by atoms with Gasteiger partial charge in [-0.3, -0.25) is 10.1 Å². The molecule has 1 aliphatic rings. The molecule has 2 aromatic rings. The van der Waals surface area contributed by atoms with Crippen LogP contribution in [0.3, 0.4) is 0 Å². The van der Waals surface area contributed by atoms with Gasteiger partial charge in [0.1, 0.15) is 0 Å². The van der Waals surface area contributed by atoms with Crippen molar-refractivity contribution in [3.8, 4) is 0 Å². The molecule has 3 rings (SSSR count). The number of aryl methyl sites for hydroxylation is 1. The van der Waals surface area contributed by atoms with Gasteiger partial charge in [0.15, 0.2) is 5.11 Å². The molecule has 1 fully saturated rings. The fraction of sp³-hybridized carbons (Fsp3) is 0.300. The van der Waals surface area contributed by atoms with Crippen LogP contribution in [-0.2, 0) is 10.0 Å². The summed E-state index contributed by atoms with van der Waals surface area (Å²) in [6.45, 7) is 4.17. The van der Waals surface area contributed by atoms with Crippen molar-refractivity contribution in [2.75, 3.05) is 42.7 Å². The number of nitrogens with one attached hydrogen (secondary N) is 2. The Kier molecular flexibility index (Phi) is 6.51. The van der Waals surface area contributed by atoms with Crippen molar-refractivity contribution in [2.45, 2.75) is 6.92 Å². The van der Waals surface area contributed by atoms with Crippen LogP contribution in [0.25, 0.3) is 0 Å². The molecule has 7 nitrogen and oxygen atoms in total. The summed E-state index contributed by atoms with van der Waals surface area (Å²) in [5.41, 5.74) is 3.33. The Morgan fingerprint density at radius 3 is 2.28 bits per heavy atom. The first-order valence-electron chi connectivity index (χ1n) is 9.21. The molecule has 29 heavy (non-hydrogen) atoms. The number of hydrogen-bond acceptors (Lipinski definition) is 5. The number of thiocarbonyl (C=S) groups is 1. The molecule has 1 heterocycles. The number of hydrogen-bond donors (Lipinski definition) is 2. The molecule has 2 aromatic carbocycles. The minimum atomic E-state index is -3.14. The largest absolute Gasteiger partial charge is 0.369 e. The van der Waals surface area contributed by atoms with Gasteiger partial charge < -0.3 is 10.2 Å². The fourth-order valence-corrected chi connectivity index (χ4v) is 4.19. The zero-order valence-electron chi connectivity index (χ0n) is 16.4. The molecular weight excluding hydrogens is 408 g/mol. The molecule has 0 unspecified atom stereocenters. The number of amides is 1. The van der Waals surface area contributed by atoms with E-state index in [4.69, 9.17) is 12.2 Å². The van der Waals surface area contributed by atoms with Gasteiger partial charge in [-0.15, -0.1) is 0 Å². The third kappa shape index (κ3) is 5.75. The Balaban J connectivity index is 1.54. The number of carbonyl (C=O) groups is 1. The molecule has 0 bridgehead atoms. The topological polar surface area (TPSA) is 81.8 Å². The fourth-order valence-electron chi connectivity index (χ4n) is 3.16. The van der Waals surface area contributed by atoms with Crippen molar-refractivity contribution in [3.63, 3.8) is 0 Å². The molecule has 0 radical (unpaired) electrons. The lowest BCUT2D eigenvalue weighted by molar-refractivity contribution is 0.0977. The molecule has 9 heteroatoms. The zero-order valence-corrected chi connectivity index (χ0v) is 18.0. The van der Waals surface area contributed by atoms with E-state index in [1.165, 1.54) is 10.6 Å². The van der Waals surface area contributed by atoms with E-state index in [1.54, 1.807) is 12.1 Å². The van der Waals surface area contributed by atoms with Crippen molar-refractivity contribution in [3.05, 3.63) is 59.7 Å². The first-order valence-corrected chi connectivity index (χ1v) is 11.5. The van der Waals surface area contributed by atoms with Crippen LogP contribution in [0.4, 0.5) is 11.4 Å². The number of carbonyl (C=O) groups excluding carboxylic acids is 1. The highest BCUT2D eigenvalue weighted by atomic mass is 32.2. The van der Waals surface area contributed by atoms with Crippen LogP contribution in [-0.4, -0.2) is 56.2 Å². The lowest BCUT2D eigenvalue weighted by atomic mass is 10.1. The summed E-state index contributed by atoms with van der Waals surface area (Å²) in [4.78, 5) is 14.4. The Morgan fingerprint density at radius 1 is 1.03 bits per heavy atom. The maximum Gasteiger partial charge on any atom is 0.257 e. The van der Waals surface area contributed by atoms with E-state index in [0.29, 0.717) is 31.7 Å². The summed E-state index contributed by atoms with van der Waals surface area (Å²) < 4.78 is 24.7. The van der Waals surface area contributed by atoms with Crippen LogP contribution >= 0.6 is 12.2 Å². The number of nitrogens with zero attached hydrogens (tertiary/aromatic N) is 2. The highest BCUT2D eigenvalue weighted by molar-refractivity contribution is 7.88. The monoisotopic (exact) mass is 432 g/mol. The number of benzene rings is 2. The summed E-state index contributed by atoms with van der Waals surface area (Å²) in [6, 6.07) is 14.9. The lowest BCUT2D eigenvalue weighted by Gasteiger charge is -2.34. The van der Waals surface area contributed by atoms with E-state index in [-0.39, 0.29) is 11.0 Å². The second-order valence-electron chi connectivity index (χ2n) is 6.97. The van der Waals surface area contributed by atoms with Crippen molar-refractivity contribution < 1.29 is 13.2 Å². The van der Waals surface area contributed by atoms with Gasteiger partial charge in [-0.05, 0) is 55.5 Å². The second kappa shape index (κ2) is 8.89. The molecule has 0 aromatic heterocycles. The van der Waals surface area contributed by atoms with Crippen molar-refractivity contribution in [2.24, 2.45) is 0 Å². The molecule has 0 atom stereocenters. The normalized spacial score (nSPS) is 15.0. The Bertz CT molecular complexity index is 999. The first kappa shape index (κ1) is 21.2. The summed E-state index contributed by atoms with van der Waals surface area (Å²) in [6.07, 6.45) is 1.24. The first-order chi connectivity index (χ1) is 13.7. The number of sulfonamides is 1. The number of rotatable bonds is 4. The third-order valence-corrected chi connectivity index (χ3v) is 6.21. The zero-order chi connectivity index (χ0) is 21.0. The van der Waals surface area contributed by atoms with E-state index >= 15 is 0 Å². The maximum absolute atomic E-state index is 12.3. The predicted octanol–water partition coefficient (Wildman–Crippen LogP) is 2.20. The van der Waals surface area contributed by atoms with Gasteiger partial charge in [0.2, 0.25) is 10.0 Å². The molecule has 0 spiro atoms. The van der Waals surface area contributed by atoms with Gasteiger partial charge in [-0.1, -0.05) is 17.7 Å². The second-order valence-corrected chi connectivity index (χ2v) is 9.36. The summed E-state index contributed by atoms with van der Waals surface area (Å²) in [7, 11) is -3.14. The lowest BCUT2D eigenvalue weighted by Crippen LogP contribution is -2.48. The summed E-state index contributed by atoms with van der Waals surface area (Å²) >= 11 is 5.23. The van der Waals surface area contributed by atoms with Crippen molar-refractivity contribution in [1.82, 2.24) is 9.62 Å². The van der Waals surface area contributed by atoms with E-state index in [1.807, 2.05) is 43.3 Å².